The summed E-state index contributed by atoms with van der Waals surface area (Å²) < 4.78 is 2.32. The van der Waals surface area contributed by atoms with Gasteiger partial charge in [0.15, 0.2) is 5.16 Å². The lowest BCUT2D eigenvalue weighted by atomic mass is 9.91. The minimum atomic E-state index is -0.792. The van der Waals surface area contributed by atoms with Gasteiger partial charge in [0.25, 0.3) is 0 Å². The van der Waals surface area contributed by atoms with E-state index in [1.807, 2.05) is 6.20 Å². The van der Waals surface area contributed by atoms with Gasteiger partial charge in [-0.25, -0.2) is 4.98 Å². The summed E-state index contributed by atoms with van der Waals surface area (Å²) in [6.45, 7) is 11.2. The zero-order valence-electron chi connectivity index (χ0n) is 13.6. The van der Waals surface area contributed by atoms with Gasteiger partial charge < -0.3 is 9.67 Å². The standard InChI is InChI=1S/C16H26N2O2S/c1-10-6-7-12(11(10)2)18-13(16(3,4)5)8-17-15(18)21-9-14(19)20/h8,10-12H,6-7,9H2,1-5H3,(H,19,20). The van der Waals surface area contributed by atoms with Gasteiger partial charge in [0.1, 0.15) is 0 Å². The van der Waals surface area contributed by atoms with Gasteiger partial charge in [0, 0.05) is 23.3 Å². The first-order valence-electron chi connectivity index (χ1n) is 7.64. The van der Waals surface area contributed by atoms with E-state index in [9.17, 15) is 4.79 Å². The van der Waals surface area contributed by atoms with Crippen LogP contribution in [0.2, 0.25) is 0 Å². The minimum absolute atomic E-state index is 0.0145. The molecule has 0 aliphatic heterocycles. The van der Waals surface area contributed by atoms with E-state index < -0.39 is 5.97 Å². The first kappa shape index (κ1) is 16.4. The van der Waals surface area contributed by atoms with Crippen LogP contribution in [0.25, 0.3) is 0 Å². The summed E-state index contributed by atoms with van der Waals surface area (Å²) >= 11 is 1.33. The van der Waals surface area contributed by atoms with Crippen molar-refractivity contribution in [2.24, 2.45) is 11.8 Å². The highest BCUT2D eigenvalue weighted by atomic mass is 32.2. The van der Waals surface area contributed by atoms with Crippen LogP contribution in [0.3, 0.4) is 0 Å². The summed E-state index contributed by atoms with van der Waals surface area (Å²) in [4.78, 5) is 15.4. The van der Waals surface area contributed by atoms with Crippen LogP contribution >= 0.6 is 11.8 Å². The molecule has 21 heavy (non-hydrogen) atoms. The van der Waals surface area contributed by atoms with Gasteiger partial charge in [-0.2, -0.15) is 0 Å². The first-order valence-corrected chi connectivity index (χ1v) is 8.62. The number of hydrogen-bond donors (Lipinski definition) is 1. The van der Waals surface area contributed by atoms with Gasteiger partial charge in [-0.05, 0) is 24.7 Å². The number of hydrogen-bond acceptors (Lipinski definition) is 3. The molecule has 1 aromatic rings. The smallest absolute Gasteiger partial charge is 0.313 e. The van der Waals surface area contributed by atoms with E-state index in [1.54, 1.807) is 0 Å². The molecular weight excluding hydrogens is 284 g/mol. The quantitative estimate of drug-likeness (QED) is 0.855. The van der Waals surface area contributed by atoms with Crippen LogP contribution in [0.5, 0.6) is 0 Å². The Kier molecular flexibility index (Phi) is 4.71. The van der Waals surface area contributed by atoms with E-state index >= 15 is 0 Å². The molecule has 1 aliphatic carbocycles. The Bertz CT molecular complexity index is 519. The molecule has 0 bridgehead atoms. The van der Waals surface area contributed by atoms with E-state index in [0.29, 0.717) is 17.9 Å². The van der Waals surface area contributed by atoms with Crippen LogP contribution in [-0.4, -0.2) is 26.4 Å². The fraction of sp³-hybridized carbons (Fsp3) is 0.750. The molecule has 1 heterocycles. The van der Waals surface area contributed by atoms with Crippen LogP contribution in [0, 0.1) is 11.8 Å². The van der Waals surface area contributed by atoms with Crippen LogP contribution < -0.4 is 0 Å². The molecule has 0 saturated heterocycles. The highest BCUT2D eigenvalue weighted by molar-refractivity contribution is 7.99. The van der Waals surface area contributed by atoms with Crippen molar-refractivity contribution in [3.05, 3.63) is 11.9 Å². The zero-order chi connectivity index (χ0) is 15.8. The van der Waals surface area contributed by atoms with Crippen molar-refractivity contribution in [2.45, 2.75) is 64.1 Å². The van der Waals surface area contributed by atoms with E-state index in [2.05, 4.69) is 44.2 Å². The van der Waals surface area contributed by atoms with Crippen molar-refractivity contribution in [1.29, 1.82) is 0 Å². The summed E-state index contributed by atoms with van der Waals surface area (Å²) in [5.41, 5.74) is 1.22. The number of carboxylic acids is 1. The second kappa shape index (κ2) is 6.03. The second-order valence-electron chi connectivity index (χ2n) is 7.21. The van der Waals surface area contributed by atoms with Gasteiger partial charge in [-0.1, -0.05) is 46.4 Å². The predicted octanol–water partition coefficient (Wildman–Crippen LogP) is 3.96. The number of aromatic nitrogens is 2. The van der Waals surface area contributed by atoms with Crippen LogP contribution in [0.1, 0.15) is 59.2 Å². The minimum Gasteiger partial charge on any atom is -0.481 e. The molecule has 3 unspecified atom stereocenters. The Balaban J connectivity index is 2.39. The normalized spacial score (nSPS) is 26.2. The molecule has 0 spiro atoms. The number of rotatable bonds is 4. The summed E-state index contributed by atoms with van der Waals surface area (Å²) in [7, 11) is 0. The highest BCUT2D eigenvalue weighted by Crippen LogP contribution is 2.43. The molecule has 0 radical (unpaired) electrons. The lowest BCUT2D eigenvalue weighted by Crippen LogP contribution is -2.24. The van der Waals surface area contributed by atoms with Gasteiger partial charge >= 0.3 is 5.97 Å². The van der Waals surface area contributed by atoms with Crippen LogP contribution in [0.15, 0.2) is 11.4 Å². The summed E-state index contributed by atoms with van der Waals surface area (Å²) in [6.07, 6.45) is 4.32. The monoisotopic (exact) mass is 310 g/mol. The topological polar surface area (TPSA) is 55.1 Å². The van der Waals surface area contributed by atoms with Crippen molar-refractivity contribution < 1.29 is 9.90 Å². The number of imidazole rings is 1. The average Bonchev–Trinajstić information content (AvgIpc) is 2.91. The van der Waals surface area contributed by atoms with E-state index in [0.717, 1.165) is 11.6 Å². The summed E-state index contributed by atoms with van der Waals surface area (Å²) in [5.74, 6) is 0.587. The van der Waals surface area contributed by atoms with Gasteiger partial charge in [0.2, 0.25) is 0 Å². The first-order chi connectivity index (χ1) is 9.71. The number of nitrogens with zero attached hydrogens (tertiary/aromatic N) is 2. The third-order valence-corrected chi connectivity index (χ3v) is 5.56. The van der Waals surface area contributed by atoms with Crippen molar-refractivity contribution in [3.63, 3.8) is 0 Å². The molecule has 2 rings (SSSR count). The zero-order valence-corrected chi connectivity index (χ0v) is 14.4. The molecule has 1 saturated carbocycles. The molecule has 0 aromatic carbocycles. The maximum absolute atomic E-state index is 10.9. The Morgan fingerprint density at radius 1 is 1.43 bits per heavy atom. The van der Waals surface area contributed by atoms with Crippen LogP contribution in [-0.2, 0) is 10.2 Å². The molecule has 0 amide bonds. The number of aliphatic carboxylic acids is 1. The molecule has 1 aromatic heterocycles. The Labute approximate surface area is 131 Å². The highest BCUT2D eigenvalue weighted by Gasteiger charge is 2.35. The van der Waals surface area contributed by atoms with Crippen LogP contribution in [0.4, 0.5) is 0 Å². The third-order valence-electron chi connectivity index (χ3n) is 4.61. The van der Waals surface area contributed by atoms with E-state index in [-0.39, 0.29) is 11.2 Å². The summed E-state index contributed by atoms with van der Waals surface area (Å²) in [5, 5.41) is 9.79. The molecule has 5 heteroatoms. The maximum atomic E-state index is 10.9. The largest absolute Gasteiger partial charge is 0.481 e. The van der Waals surface area contributed by atoms with Crippen molar-refractivity contribution in [2.75, 3.05) is 5.75 Å². The Hall–Kier alpha value is -0.970. The van der Waals surface area contributed by atoms with Gasteiger partial charge in [-0.3, -0.25) is 4.79 Å². The second-order valence-corrected chi connectivity index (χ2v) is 8.15. The summed E-state index contributed by atoms with van der Waals surface area (Å²) in [6, 6.07) is 0.438. The predicted molar refractivity (Wildman–Crippen MR) is 85.9 cm³/mol. The van der Waals surface area contributed by atoms with Crippen molar-refractivity contribution in [1.82, 2.24) is 9.55 Å². The Morgan fingerprint density at radius 3 is 2.57 bits per heavy atom. The fourth-order valence-corrected chi connectivity index (χ4v) is 3.91. The van der Waals surface area contributed by atoms with E-state index in [1.165, 1.54) is 23.9 Å². The molecular formula is C16H26N2O2S. The van der Waals surface area contributed by atoms with Crippen molar-refractivity contribution >= 4 is 17.7 Å². The fourth-order valence-electron chi connectivity index (χ4n) is 3.16. The lowest BCUT2D eigenvalue weighted by molar-refractivity contribution is -0.133. The third kappa shape index (κ3) is 3.44. The SMILES string of the molecule is CC1CCC(n2c(C(C)(C)C)cnc2SCC(=O)O)C1C. The molecule has 1 N–H and O–H groups in total. The number of carboxylic acid groups (broad SMARTS) is 1. The molecule has 3 atom stereocenters. The number of thioether (sulfide) groups is 1. The number of carbonyl (C=O) groups is 1. The van der Waals surface area contributed by atoms with Gasteiger partial charge in [0.05, 0.1) is 5.75 Å². The van der Waals surface area contributed by atoms with Crippen molar-refractivity contribution in [3.8, 4) is 0 Å². The molecule has 1 aliphatic rings. The average molecular weight is 310 g/mol. The maximum Gasteiger partial charge on any atom is 0.313 e. The van der Waals surface area contributed by atoms with E-state index in [4.69, 9.17) is 5.11 Å². The molecule has 1 fully saturated rings. The lowest BCUT2D eigenvalue weighted by Gasteiger charge is -2.28. The Morgan fingerprint density at radius 2 is 2.10 bits per heavy atom. The molecule has 4 nitrogen and oxygen atoms in total. The van der Waals surface area contributed by atoms with Gasteiger partial charge in [-0.15, -0.1) is 0 Å². The molecule has 118 valence electrons.